The summed E-state index contributed by atoms with van der Waals surface area (Å²) in [6.45, 7) is 4.12. The molecule has 5 nitrogen and oxygen atoms in total. The van der Waals surface area contributed by atoms with E-state index in [4.69, 9.17) is 9.94 Å². The predicted octanol–water partition coefficient (Wildman–Crippen LogP) is 5.64. The number of rotatable bonds is 5. The summed E-state index contributed by atoms with van der Waals surface area (Å²) in [5, 5.41) is 6.53. The minimum Gasteiger partial charge on any atom is -0.362 e. The molecule has 0 bridgehead atoms. The first-order valence-corrected chi connectivity index (χ1v) is 10.5. The summed E-state index contributed by atoms with van der Waals surface area (Å²) >= 11 is 0. The summed E-state index contributed by atoms with van der Waals surface area (Å²) in [5.41, 5.74) is 5.30. The van der Waals surface area contributed by atoms with Gasteiger partial charge in [-0.2, -0.15) is 0 Å². The van der Waals surface area contributed by atoms with Gasteiger partial charge in [-0.15, -0.1) is 10.3 Å². The van der Waals surface area contributed by atoms with Gasteiger partial charge in [-0.25, -0.2) is 9.37 Å². The first-order chi connectivity index (χ1) is 15.6. The van der Waals surface area contributed by atoms with Gasteiger partial charge in [0.2, 0.25) is 0 Å². The standard InChI is InChI=1S/C26H23FN4O/c1-18-3-7-20(8-4-18)24-26(30-16-15-28-17-30)25(21-9-5-19(2)6-10-21)31(29-24)32-23-13-11-22(27)12-14-23/h3-17,25-26H,1-2H3. The van der Waals surface area contributed by atoms with Crippen LogP contribution in [-0.4, -0.2) is 20.4 Å². The molecule has 0 fully saturated rings. The molecule has 2 unspecified atom stereocenters. The number of halogens is 1. The van der Waals surface area contributed by atoms with Crippen molar-refractivity contribution in [3.8, 4) is 5.75 Å². The third-order valence-corrected chi connectivity index (χ3v) is 5.65. The summed E-state index contributed by atoms with van der Waals surface area (Å²) in [6.07, 6.45) is 5.51. The highest BCUT2D eigenvalue weighted by Crippen LogP contribution is 2.41. The lowest BCUT2D eigenvalue weighted by atomic mass is 9.92. The second kappa shape index (κ2) is 8.30. The van der Waals surface area contributed by atoms with Crippen molar-refractivity contribution in [1.82, 2.24) is 14.7 Å². The molecule has 32 heavy (non-hydrogen) atoms. The third kappa shape index (κ3) is 3.87. The van der Waals surface area contributed by atoms with Crippen LogP contribution >= 0.6 is 0 Å². The molecule has 2 atom stereocenters. The molecule has 5 rings (SSSR count). The number of hydroxylamine groups is 1. The minimum atomic E-state index is -0.311. The smallest absolute Gasteiger partial charge is 0.157 e. The number of nitrogens with zero attached hydrogens (tertiary/aromatic N) is 4. The third-order valence-electron chi connectivity index (χ3n) is 5.65. The van der Waals surface area contributed by atoms with Crippen molar-refractivity contribution in [2.24, 2.45) is 5.10 Å². The number of aryl methyl sites for hydroxylation is 2. The Bertz CT molecular complexity index is 1220. The lowest BCUT2D eigenvalue weighted by Gasteiger charge is -2.28. The van der Waals surface area contributed by atoms with Gasteiger partial charge in [-0.05, 0) is 43.7 Å². The summed E-state index contributed by atoms with van der Waals surface area (Å²) in [5.74, 6) is 0.204. The molecule has 0 radical (unpaired) electrons. The van der Waals surface area contributed by atoms with Crippen molar-refractivity contribution in [3.05, 3.63) is 120 Å². The van der Waals surface area contributed by atoms with Crippen LogP contribution in [0.15, 0.2) is 96.6 Å². The normalized spacial score (nSPS) is 18.0. The molecule has 0 saturated carbocycles. The zero-order chi connectivity index (χ0) is 22.1. The van der Waals surface area contributed by atoms with Gasteiger partial charge >= 0.3 is 0 Å². The quantitative estimate of drug-likeness (QED) is 0.415. The van der Waals surface area contributed by atoms with E-state index in [2.05, 4.69) is 71.9 Å². The summed E-state index contributed by atoms with van der Waals surface area (Å²) < 4.78 is 15.5. The number of hydrogen-bond donors (Lipinski definition) is 0. The molecule has 160 valence electrons. The van der Waals surface area contributed by atoms with Gasteiger partial charge in [0.05, 0.1) is 12.0 Å². The van der Waals surface area contributed by atoms with Crippen LogP contribution in [-0.2, 0) is 0 Å². The molecule has 3 aromatic carbocycles. The maximum atomic E-state index is 13.4. The Morgan fingerprint density at radius 3 is 2.09 bits per heavy atom. The van der Waals surface area contributed by atoms with E-state index < -0.39 is 0 Å². The van der Waals surface area contributed by atoms with Crippen LogP contribution in [0.2, 0.25) is 0 Å². The highest BCUT2D eigenvalue weighted by atomic mass is 19.1. The van der Waals surface area contributed by atoms with E-state index >= 15 is 0 Å². The Labute approximate surface area is 186 Å². The highest BCUT2D eigenvalue weighted by Gasteiger charge is 2.42. The first-order valence-electron chi connectivity index (χ1n) is 10.5. The molecule has 0 spiro atoms. The topological polar surface area (TPSA) is 42.6 Å². The van der Waals surface area contributed by atoms with Crippen molar-refractivity contribution < 1.29 is 9.23 Å². The second-order valence-electron chi connectivity index (χ2n) is 8.01. The average Bonchev–Trinajstić information content (AvgIpc) is 3.45. The van der Waals surface area contributed by atoms with Crippen LogP contribution in [0.25, 0.3) is 0 Å². The van der Waals surface area contributed by atoms with Gasteiger partial charge in [0.25, 0.3) is 0 Å². The van der Waals surface area contributed by atoms with Crippen LogP contribution in [0.3, 0.4) is 0 Å². The SMILES string of the molecule is Cc1ccc(C2=NN(Oc3ccc(F)cc3)C(c3ccc(C)cc3)C2n2ccnc2)cc1. The number of hydrazone groups is 1. The van der Waals surface area contributed by atoms with Crippen molar-refractivity contribution in [2.75, 3.05) is 0 Å². The maximum Gasteiger partial charge on any atom is 0.157 e. The lowest BCUT2D eigenvalue weighted by Crippen LogP contribution is -2.30. The van der Waals surface area contributed by atoms with E-state index in [9.17, 15) is 4.39 Å². The van der Waals surface area contributed by atoms with E-state index in [1.165, 1.54) is 23.3 Å². The maximum absolute atomic E-state index is 13.4. The summed E-state index contributed by atoms with van der Waals surface area (Å²) in [6, 6.07) is 22.2. The number of imidazole rings is 1. The molecule has 1 aliphatic heterocycles. The average molecular weight is 426 g/mol. The van der Waals surface area contributed by atoms with E-state index in [0.717, 1.165) is 16.8 Å². The fraction of sp³-hybridized carbons (Fsp3) is 0.154. The van der Waals surface area contributed by atoms with Gasteiger partial charge in [0.15, 0.2) is 5.75 Å². The highest BCUT2D eigenvalue weighted by molar-refractivity contribution is 6.04. The Kier molecular flexibility index (Phi) is 5.19. The molecular formula is C26H23FN4O. The van der Waals surface area contributed by atoms with Crippen molar-refractivity contribution in [1.29, 1.82) is 0 Å². The Morgan fingerprint density at radius 2 is 1.47 bits per heavy atom. The van der Waals surface area contributed by atoms with Gasteiger partial charge < -0.3 is 9.40 Å². The molecule has 4 aromatic rings. The molecule has 0 aliphatic carbocycles. The molecule has 0 amide bonds. The van der Waals surface area contributed by atoms with Crippen LogP contribution in [0.5, 0.6) is 5.75 Å². The monoisotopic (exact) mass is 426 g/mol. The second-order valence-corrected chi connectivity index (χ2v) is 8.01. The molecule has 1 aromatic heterocycles. The molecular weight excluding hydrogens is 403 g/mol. The number of aromatic nitrogens is 2. The first kappa shape index (κ1) is 20.0. The van der Waals surface area contributed by atoms with Crippen molar-refractivity contribution >= 4 is 5.71 Å². The molecule has 6 heteroatoms. The Hall–Kier alpha value is -3.93. The summed E-state index contributed by atoms with van der Waals surface area (Å²) in [4.78, 5) is 10.5. The van der Waals surface area contributed by atoms with E-state index in [1.807, 2.05) is 6.20 Å². The zero-order valence-corrected chi connectivity index (χ0v) is 17.9. The fourth-order valence-corrected chi connectivity index (χ4v) is 3.94. The number of hydrogen-bond acceptors (Lipinski definition) is 4. The Balaban J connectivity index is 1.62. The van der Waals surface area contributed by atoms with E-state index in [0.29, 0.717) is 5.75 Å². The molecule has 0 N–H and O–H groups in total. The fourth-order valence-electron chi connectivity index (χ4n) is 3.94. The van der Waals surface area contributed by atoms with E-state index in [1.54, 1.807) is 29.8 Å². The zero-order valence-electron chi connectivity index (χ0n) is 17.9. The molecule has 2 heterocycles. The molecule has 0 saturated heterocycles. The largest absolute Gasteiger partial charge is 0.362 e. The predicted molar refractivity (Wildman–Crippen MR) is 122 cm³/mol. The number of benzene rings is 3. The van der Waals surface area contributed by atoms with Gasteiger partial charge in [0, 0.05) is 18.0 Å². The van der Waals surface area contributed by atoms with Crippen LogP contribution < -0.4 is 4.84 Å². The van der Waals surface area contributed by atoms with Gasteiger partial charge in [0.1, 0.15) is 17.9 Å². The van der Waals surface area contributed by atoms with Crippen LogP contribution in [0, 0.1) is 19.7 Å². The molecule has 1 aliphatic rings. The minimum absolute atomic E-state index is 0.164. The lowest BCUT2D eigenvalue weighted by molar-refractivity contribution is -0.0923. The van der Waals surface area contributed by atoms with Crippen molar-refractivity contribution in [2.45, 2.75) is 25.9 Å². The van der Waals surface area contributed by atoms with Crippen LogP contribution in [0.1, 0.15) is 34.3 Å². The Morgan fingerprint density at radius 1 is 0.812 bits per heavy atom. The van der Waals surface area contributed by atoms with Gasteiger partial charge in [-0.3, -0.25) is 0 Å². The van der Waals surface area contributed by atoms with Crippen molar-refractivity contribution in [3.63, 3.8) is 0 Å². The van der Waals surface area contributed by atoms with Gasteiger partial charge in [-0.1, -0.05) is 59.7 Å². The summed E-state index contributed by atoms with van der Waals surface area (Å²) in [7, 11) is 0. The van der Waals surface area contributed by atoms with E-state index in [-0.39, 0.29) is 17.9 Å². The van der Waals surface area contributed by atoms with Crippen LogP contribution in [0.4, 0.5) is 4.39 Å².